The van der Waals surface area contributed by atoms with Crippen molar-refractivity contribution in [3.8, 4) is 0 Å². The van der Waals surface area contributed by atoms with Gasteiger partial charge in [-0.3, -0.25) is 0 Å². The van der Waals surface area contributed by atoms with Gasteiger partial charge in [0.2, 0.25) is 0 Å². The minimum Gasteiger partial charge on any atom is -0.247 e. The van der Waals surface area contributed by atoms with Gasteiger partial charge in [0, 0.05) is 0 Å². The summed E-state index contributed by atoms with van der Waals surface area (Å²) in [5, 5.41) is 0. The highest BCUT2D eigenvalue weighted by Crippen LogP contribution is 2.24. The van der Waals surface area contributed by atoms with Gasteiger partial charge in [0.1, 0.15) is 0 Å². The molecule has 6 nitrogen and oxygen atoms in total. The van der Waals surface area contributed by atoms with E-state index in [1.807, 2.05) is 0 Å². The normalized spacial score (nSPS) is 14.6. The molecule has 1 aromatic rings. The Labute approximate surface area is 204 Å². The molecule has 0 N–H and O–H groups in total. The molecule has 0 fully saturated rings. The zero-order valence-electron chi connectivity index (χ0n) is 18.4. The van der Waals surface area contributed by atoms with Gasteiger partial charge in [-0.15, -0.1) is 0 Å². The average Bonchev–Trinajstić information content (AvgIpc) is 2.68. The predicted molar refractivity (Wildman–Crippen MR) is 136 cm³/mol. The number of hydrogen-bond acceptors (Lipinski definition) is 3. The summed E-state index contributed by atoms with van der Waals surface area (Å²) in [5.41, 5.74) is -1.65. The largest absolute Gasteiger partial charge is 0.338 e. The standard InChI is InChI=1S/C21H36Br3N3O3/c1-4-7-10-13-16(22)25-19(28)26(17(23)14-11-8-5-2)21(30)27(20(25)29)18(24)15-12-9-6-3/h16-18H,4-15H2,1-3H3. The van der Waals surface area contributed by atoms with Crippen LogP contribution in [0, 0.1) is 0 Å². The molecule has 0 saturated heterocycles. The molecule has 30 heavy (non-hydrogen) atoms. The minimum atomic E-state index is -0.550. The molecule has 174 valence electrons. The van der Waals surface area contributed by atoms with Gasteiger partial charge in [-0.25, -0.2) is 28.1 Å². The smallest absolute Gasteiger partial charge is 0.247 e. The zero-order valence-corrected chi connectivity index (χ0v) is 23.2. The van der Waals surface area contributed by atoms with Crippen LogP contribution in [0.1, 0.15) is 113 Å². The van der Waals surface area contributed by atoms with Gasteiger partial charge < -0.3 is 0 Å². The summed E-state index contributed by atoms with van der Waals surface area (Å²) in [6.45, 7) is 6.33. The Morgan fingerprint density at radius 2 is 0.767 bits per heavy atom. The van der Waals surface area contributed by atoms with Crippen LogP contribution in [0.25, 0.3) is 0 Å². The number of unbranched alkanes of at least 4 members (excludes halogenated alkanes) is 6. The van der Waals surface area contributed by atoms with E-state index in [0.29, 0.717) is 19.3 Å². The van der Waals surface area contributed by atoms with E-state index in [9.17, 15) is 14.4 Å². The number of aromatic nitrogens is 3. The molecular formula is C21H36Br3N3O3. The fourth-order valence-corrected chi connectivity index (χ4v) is 5.41. The van der Waals surface area contributed by atoms with Crippen LogP contribution < -0.4 is 17.1 Å². The Bertz CT molecular complexity index is 668. The Morgan fingerprint density at radius 3 is 0.967 bits per heavy atom. The van der Waals surface area contributed by atoms with Crippen LogP contribution in [0.2, 0.25) is 0 Å². The van der Waals surface area contributed by atoms with Crippen LogP contribution in [0.3, 0.4) is 0 Å². The molecule has 0 aromatic carbocycles. The van der Waals surface area contributed by atoms with Gasteiger partial charge in [-0.05, 0) is 19.3 Å². The maximum Gasteiger partial charge on any atom is 0.338 e. The molecule has 0 aliphatic rings. The van der Waals surface area contributed by atoms with Gasteiger partial charge >= 0.3 is 17.1 Å². The van der Waals surface area contributed by atoms with E-state index >= 15 is 0 Å². The summed E-state index contributed by atoms with van der Waals surface area (Å²) >= 11 is 10.6. The summed E-state index contributed by atoms with van der Waals surface area (Å²) in [6.07, 6.45) is 10.9. The molecule has 0 amide bonds. The average molecular weight is 618 g/mol. The third-order valence-electron chi connectivity index (χ3n) is 5.21. The number of hydrogen-bond donors (Lipinski definition) is 0. The summed E-state index contributed by atoms with van der Waals surface area (Å²) < 4.78 is 3.62. The molecule has 3 unspecified atom stereocenters. The first-order valence-electron chi connectivity index (χ1n) is 11.2. The third kappa shape index (κ3) is 7.76. The molecule has 0 radical (unpaired) electrons. The maximum absolute atomic E-state index is 13.2. The lowest BCUT2D eigenvalue weighted by Gasteiger charge is -2.22. The molecule has 0 saturated carbocycles. The van der Waals surface area contributed by atoms with Crippen molar-refractivity contribution in [2.24, 2.45) is 0 Å². The SMILES string of the molecule is CCCCCC(Br)n1c(=O)n(C(Br)CCCCC)c(=O)n(C(Br)CCCCC)c1=O. The monoisotopic (exact) mass is 615 g/mol. The van der Waals surface area contributed by atoms with Crippen LogP contribution in [0.5, 0.6) is 0 Å². The molecular weight excluding hydrogens is 582 g/mol. The minimum absolute atomic E-state index is 0.437. The van der Waals surface area contributed by atoms with Crippen LogP contribution in [-0.4, -0.2) is 13.7 Å². The highest BCUT2D eigenvalue weighted by molar-refractivity contribution is 9.09. The van der Waals surface area contributed by atoms with E-state index in [4.69, 9.17) is 0 Å². The Balaban J connectivity index is 3.46. The molecule has 0 aliphatic heterocycles. The second-order valence-corrected chi connectivity index (χ2v) is 10.9. The van der Waals surface area contributed by atoms with Crippen molar-refractivity contribution < 1.29 is 0 Å². The second-order valence-electron chi connectivity index (χ2n) is 7.75. The molecule has 0 spiro atoms. The Hall–Kier alpha value is -0.150. The molecule has 1 rings (SSSR count). The van der Waals surface area contributed by atoms with E-state index in [1.165, 1.54) is 13.7 Å². The maximum atomic E-state index is 13.2. The van der Waals surface area contributed by atoms with Crippen LogP contribution >= 0.6 is 47.8 Å². The van der Waals surface area contributed by atoms with Crippen molar-refractivity contribution in [2.45, 2.75) is 113 Å². The van der Waals surface area contributed by atoms with Gasteiger partial charge in [0.15, 0.2) is 0 Å². The van der Waals surface area contributed by atoms with E-state index in [1.54, 1.807) is 0 Å². The second kappa shape index (κ2) is 14.8. The van der Waals surface area contributed by atoms with E-state index < -0.39 is 31.9 Å². The van der Waals surface area contributed by atoms with Crippen molar-refractivity contribution in [1.29, 1.82) is 0 Å². The number of halogens is 3. The first kappa shape index (κ1) is 27.9. The van der Waals surface area contributed by atoms with Crippen LogP contribution in [0.15, 0.2) is 14.4 Å². The summed E-state index contributed by atoms with van der Waals surface area (Å²) in [6, 6.07) is 0. The number of nitrogens with zero attached hydrogens (tertiary/aromatic N) is 3. The Kier molecular flexibility index (Phi) is 13.8. The van der Waals surface area contributed by atoms with Crippen LogP contribution in [0.4, 0.5) is 0 Å². The molecule has 0 bridgehead atoms. The van der Waals surface area contributed by atoms with Gasteiger partial charge in [0.05, 0.1) is 14.9 Å². The van der Waals surface area contributed by atoms with E-state index in [-0.39, 0.29) is 0 Å². The highest BCUT2D eigenvalue weighted by atomic mass is 79.9. The lowest BCUT2D eigenvalue weighted by molar-refractivity contribution is 0.408. The van der Waals surface area contributed by atoms with Crippen molar-refractivity contribution >= 4 is 47.8 Å². The third-order valence-corrected chi connectivity index (χ3v) is 7.82. The van der Waals surface area contributed by atoms with Crippen molar-refractivity contribution in [1.82, 2.24) is 13.7 Å². The zero-order chi connectivity index (χ0) is 22.7. The summed E-state index contributed by atoms with van der Waals surface area (Å²) in [5.74, 6) is 0. The van der Waals surface area contributed by atoms with Gasteiger partial charge in [0.25, 0.3) is 0 Å². The highest BCUT2D eigenvalue weighted by Gasteiger charge is 2.25. The van der Waals surface area contributed by atoms with E-state index in [2.05, 4.69) is 68.6 Å². The first-order chi connectivity index (χ1) is 14.3. The van der Waals surface area contributed by atoms with E-state index in [0.717, 1.165) is 57.8 Å². The van der Waals surface area contributed by atoms with Gasteiger partial charge in [-0.2, -0.15) is 0 Å². The number of alkyl halides is 3. The first-order valence-corrected chi connectivity index (χ1v) is 14.0. The lowest BCUT2D eigenvalue weighted by Crippen LogP contribution is -2.55. The van der Waals surface area contributed by atoms with Crippen LogP contribution in [-0.2, 0) is 0 Å². The van der Waals surface area contributed by atoms with Gasteiger partial charge in [-0.1, -0.05) is 126 Å². The molecule has 0 aliphatic carbocycles. The molecule has 1 aromatic heterocycles. The summed E-state index contributed by atoms with van der Waals surface area (Å²) in [7, 11) is 0. The quantitative estimate of drug-likeness (QED) is 0.165. The predicted octanol–water partition coefficient (Wildman–Crippen LogP) is 6.59. The topological polar surface area (TPSA) is 66.0 Å². The lowest BCUT2D eigenvalue weighted by atomic mass is 10.2. The fourth-order valence-electron chi connectivity index (χ4n) is 3.39. The number of rotatable bonds is 15. The molecule has 9 heteroatoms. The Morgan fingerprint density at radius 1 is 0.533 bits per heavy atom. The summed E-state index contributed by atoms with van der Waals surface area (Å²) in [4.78, 5) is 38.4. The molecule has 3 atom stereocenters. The van der Waals surface area contributed by atoms with Crippen molar-refractivity contribution in [3.63, 3.8) is 0 Å². The molecule has 1 heterocycles. The fraction of sp³-hybridized carbons (Fsp3) is 0.857. The van der Waals surface area contributed by atoms with Crippen molar-refractivity contribution in [2.75, 3.05) is 0 Å². The van der Waals surface area contributed by atoms with Crippen molar-refractivity contribution in [3.05, 3.63) is 31.5 Å².